The number of piperidine rings is 1. The van der Waals surface area contributed by atoms with Crippen LogP contribution in [0.1, 0.15) is 12.8 Å². The number of carbonyl (C=O) groups excluding carboxylic acids is 2. The normalized spacial score (nSPS) is 16.8. The molecule has 0 unspecified atom stereocenters. The molecule has 2 aromatic rings. The number of hydrogen-bond acceptors (Lipinski definition) is 3. The predicted molar refractivity (Wildman–Crippen MR) is 96.1 cm³/mol. The molecule has 1 heterocycles. The van der Waals surface area contributed by atoms with E-state index in [9.17, 15) is 9.59 Å². The average Bonchev–Trinajstić information content (AvgIpc) is 2.66. The monoisotopic (exact) mass is 338 g/mol. The Bertz CT molecular complexity index is 721. The molecule has 25 heavy (non-hydrogen) atoms. The summed E-state index contributed by atoms with van der Waals surface area (Å²) < 4.78 is 5.86. The van der Waals surface area contributed by atoms with E-state index in [0.29, 0.717) is 32.5 Å². The zero-order valence-electron chi connectivity index (χ0n) is 14.0. The Balaban J connectivity index is 1.50. The number of ether oxygens (including phenoxy) is 1. The highest BCUT2D eigenvalue weighted by Crippen LogP contribution is 2.29. The summed E-state index contributed by atoms with van der Waals surface area (Å²) in [7, 11) is 0. The molecule has 3 rings (SSSR count). The smallest absolute Gasteiger partial charge is 0.225 e. The molecule has 0 spiro atoms. The van der Waals surface area contributed by atoms with Gasteiger partial charge in [-0.15, -0.1) is 0 Å². The number of hydrogen-bond donors (Lipinski definition) is 2. The maximum atomic E-state index is 12.1. The number of nitrogens with one attached hydrogen (secondary N) is 2. The molecule has 1 aliphatic rings. The van der Waals surface area contributed by atoms with Gasteiger partial charge in [0, 0.05) is 18.5 Å². The van der Waals surface area contributed by atoms with E-state index in [1.54, 1.807) is 0 Å². The van der Waals surface area contributed by atoms with Crippen molar-refractivity contribution < 1.29 is 14.3 Å². The molecule has 0 aromatic heterocycles. The molecule has 1 fully saturated rings. The number of rotatable bonds is 6. The molecule has 0 radical (unpaired) electrons. The Kier molecular flexibility index (Phi) is 5.67. The van der Waals surface area contributed by atoms with Crippen molar-refractivity contribution in [1.82, 2.24) is 10.6 Å². The van der Waals surface area contributed by atoms with Crippen molar-refractivity contribution in [3.05, 3.63) is 54.6 Å². The average molecular weight is 338 g/mol. The summed E-state index contributed by atoms with van der Waals surface area (Å²) in [4.78, 5) is 23.2. The van der Waals surface area contributed by atoms with E-state index in [4.69, 9.17) is 4.74 Å². The van der Waals surface area contributed by atoms with Gasteiger partial charge in [-0.2, -0.15) is 0 Å². The topological polar surface area (TPSA) is 67.4 Å². The van der Waals surface area contributed by atoms with Gasteiger partial charge in [-0.1, -0.05) is 48.5 Å². The first-order valence-electron chi connectivity index (χ1n) is 8.55. The standard InChI is InChI=1S/C20H22N2O3/c23-19-11-10-16(14-22-19)20(24)21-12-13-25-18-9-5-4-8-17(18)15-6-2-1-3-7-15/h1-9,16H,10-14H2,(H,21,24)(H,22,23)/t16-/m1/s1. The summed E-state index contributed by atoms with van der Waals surface area (Å²) in [6, 6.07) is 17.9. The highest BCUT2D eigenvalue weighted by atomic mass is 16.5. The summed E-state index contributed by atoms with van der Waals surface area (Å²) in [6.45, 7) is 1.25. The molecular weight excluding hydrogens is 316 g/mol. The SMILES string of the molecule is O=C1CC[C@@H](C(=O)NCCOc2ccccc2-c2ccccc2)CN1. The molecule has 5 nitrogen and oxygen atoms in total. The molecule has 0 bridgehead atoms. The molecule has 1 saturated heterocycles. The van der Waals surface area contributed by atoms with Crippen LogP contribution in [0, 0.1) is 5.92 Å². The van der Waals surface area contributed by atoms with E-state index >= 15 is 0 Å². The van der Waals surface area contributed by atoms with E-state index in [1.165, 1.54) is 0 Å². The molecule has 2 amide bonds. The van der Waals surface area contributed by atoms with Crippen molar-refractivity contribution in [2.24, 2.45) is 5.92 Å². The van der Waals surface area contributed by atoms with E-state index < -0.39 is 0 Å². The maximum Gasteiger partial charge on any atom is 0.225 e. The summed E-state index contributed by atoms with van der Waals surface area (Å²) in [6.07, 6.45) is 1.02. The first-order chi connectivity index (χ1) is 12.2. The Morgan fingerprint density at radius 1 is 1.12 bits per heavy atom. The van der Waals surface area contributed by atoms with Crippen LogP contribution in [0.4, 0.5) is 0 Å². The van der Waals surface area contributed by atoms with Crippen molar-refractivity contribution in [2.75, 3.05) is 19.7 Å². The van der Waals surface area contributed by atoms with Crippen LogP contribution in [0.25, 0.3) is 11.1 Å². The van der Waals surface area contributed by atoms with Gasteiger partial charge in [-0.05, 0) is 18.1 Å². The van der Waals surface area contributed by atoms with Crippen LogP contribution in [0.3, 0.4) is 0 Å². The fraction of sp³-hybridized carbons (Fsp3) is 0.300. The zero-order valence-corrected chi connectivity index (χ0v) is 14.0. The second-order valence-corrected chi connectivity index (χ2v) is 6.04. The Labute approximate surface area is 147 Å². The van der Waals surface area contributed by atoms with Gasteiger partial charge in [0.1, 0.15) is 12.4 Å². The van der Waals surface area contributed by atoms with Crippen LogP contribution in [-0.4, -0.2) is 31.5 Å². The molecule has 0 saturated carbocycles. The van der Waals surface area contributed by atoms with Crippen LogP contribution < -0.4 is 15.4 Å². The number of benzene rings is 2. The molecule has 1 atom stereocenters. The van der Waals surface area contributed by atoms with Gasteiger partial charge in [0.2, 0.25) is 11.8 Å². The Hall–Kier alpha value is -2.82. The van der Waals surface area contributed by atoms with Crippen molar-refractivity contribution in [3.63, 3.8) is 0 Å². The van der Waals surface area contributed by atoms with Crippen molar-refractivity contribution in [2.45, 2.75) is 12.8 Å². The van der Waals surface area contributed by atoms with Gasteiger partial charge in [0.15, 0.2) is 0 Å². The van der Waals surface area contributed by atoms with Crippen molar-refractivity contribution >= 4 is 11.8 Å². The summed E-state index contributed by atoms with van der Waals surface area (Å²) in [5.74, 6) is 0.645. The van der Waals surface area contributed by atoms with Gasteiger partial charge >= 0.3 is 0 Å². The molecule has 5 heteroatoms. The van der Waals surface area contributed by atoms with E-state index in [-0.39, 0.29) is 17.7 Å². The van der Waals surface area contributed by atoms with Gasteiger partial charge in [-0.3, -0.25) is 9.59 Å². The molecule has 2 aromatic carbocycles. The largest absolute Gasteiger partial charge is 0.491 e. The second kappa shape index (κ2) is 8.33. The first kappa shape index (κ1) is 17.0. The first-order valence-corrected chi connectivity index (χ1v) is 8.55. The molecule has 2 N–H and O–H groups in total. The summed E-state index contributed by atoms with van der Waals surface area (Å²) in [5, 5.41) is 5.61. The van der Waals surface area contributed by atoms with Gasteiger partial charge in [0.25, 0.3) is 0 Å². The fourth-order valence-electron chi connectivity index (χ4n) is 2.88. The predicted octanol–water partition coefficient (Wildman–Crippen LogP) is 2.37. The number of para-hydroxylation sites is 1. The van der Waals surface area contributed by atoms with E-state index in [1.807, 2.05) is 54.6 Å². The summed E-state index contributed by atoms with van der Waals surface area (Å²) in [5.41, 5.74) is 2.13. The third-order valence-corrected chi connectivity index (χ3v) is 4.27. The van der Waals surface area contributed by atoms with Crippen LogP contribution in [0.15, 0.2) is 54.6 Å². The lowest BCUT2D eigenvalue weighted by Gasteiger charge is -2.21. The van der Waals surface area contributed by atoms with Gasteiger partial charge < -0.3 is 15.4 Å². The highest BCUT2D eigenvalue weighted by Gasteiger charge is 2.23. The minimum absolute atomic E-state index is 0.0184. The quantitative estimate of drug-likeness (QED) is 0.795. The highest BCUT2D eigenvalue weighted by molar-refractivity contribution is 5.83. The van der Waals surface area contributed by atoms with Crippen LogP contribution in [-0.2, 0) is 9.59 Å². The second-order valence-electron chi connectivity index (χ2n) is 6.04. The molecular formula is C20H22N2O3. The lowest BCUT2D eigenvalue weighted by molar-refractivity contribution is -0.129. The minimum Gasteiger partial charge on any atom is -0.491 e. The van der Waals surface area contributed by atoms with Crippen LogP contribution >= 0.6 is 0 Å². The van der Waals surface area contributed by atoms with Crippen molar-refractivity contribution in [3.8, 4) is 16.9 Å². The summed E-state index contributed by atoms with van der Waals surface area (Å²) >= 11 is 0. The zero-order chi connectivity index (χ0) is 17.5. The molecule has 1 aliphatic heterocycles. The van der Waals surface area contributed by atoms with E-state index in [2.05, 4.69) is 10.6 Å². The third kappa shape index (κ3) is 4.59. The lowest BCUT2D eigenvalue weighted by atomic mass is 9.98. The molecule has 130 valence electrons. The third-order valence-electron chi connectivity index (χ3n) is 4.27. The number of amides is 2. The van der Waals surface area contributed by atoms with Gasteiger partial charge in [-0.25, -0.2) is 0 Å². The maximum absolute atomic E-state index is 12.1. The van der Waals surface area contributed by atoms with Crippen LogP contribution in [0.2, 0.25) is 0 Å². The van der Waals surface area contributed by atoms with Crippen molar-refractivity contribution in [1.29, 1.82) is 0 Å². The fourth-order valence-corrected chi connectivity index (χ4v) is 2.88. The number of carbonyl (C=O) groups is 2. The molecule has 0 aliphatic carbocycles. The van der Waals surface area contributed by atoms with Crippen LogP contribution in [0.5, 0.6) is 5.75 Å². The van der Waals surface area contributed by atoms with Gasteiger partial charge in [0.05, 0.1) is 12.5 Å². The lowest BCUT2D eigenvalue weighted by Crippen LogP contribution is -2.43. The van der Waals surface area contributed by atoms with E-state index in [0.717, 1.165) is 16.9 Å². The Morgan fingerprint density at radius 3 is 2.64 bits per heavy atom. The minimum atomic E-state index is -0.144. The Morgan fingerprint density at radius 2 is 1.88 bits per heavy atom.